The van der Waals surface area contributed by atoms with Crippen molar-refractivity contribution in [3.05, 3.63) is 64.7 Å². The highest BCUT2D eigenvalue weighted by atomic mass is 35.5. The number of carbonyl (C=O) groups excluding carboxylic acids is 1. The van der Waals surface area contributed by atoms with Crippen LogP contribution in [0.1, 0.15) is 31.0 Å². The van der Waals surface area contributed by atoms with Crippen LogP contribution in [0, 0.1) is 12.8 Å². The molecule has 0 bridgehead atoms. The third kappa shape index (κ3) is 6.28. The predicted molar refractivity (Wildman–Crippen MR) is 121 cm³/mol. The molecule has 0 aliphatic heterocycles. The van der Waals surface area contributed by atoms with Crippen molar-refractivity contribution in [2.24, 2.45) is 5.92 Å². The van der Waals surface area contributed by atoms with Gasteiger partial charge in [-0.15, -0.1) is 0 Å². The van der Waals surface area contributed by atoms with E-state index in [1.807, 2.05) is 50.2 Å². The molecule has 2 aromatic rings. The van der Waals surface area contributed by atoms with Crippen LogP contribution in [0.3, 0.4) is 0 Å². The van der Waals surface area contributed by atoms with Gasteiger partial charge in [0.05, 0.1) is 10.9 Å². The van der Waals surface area contributed by atoms with Gasteiger partial charge in [0.1, 0.15) is 6.04 Å². The molecule has 8 heteroatoms. The first-order valence-corrected chi connectivity index (χ1v) is 11.7. The standard InChI is InChI=1S/C22H30ClN3O3S/c1-15(2)21(25-30(28,29)17-12-10-16(3)11-13-17)22(27)24-14-20(26(4)5)18-8-6-7-9-19(18)23/h6-13,15,20-21,25H,14H2,1-5H3,(H,24,27). The Hall–Kier alpha value is -1.93. The van der Waals surface area contributed by atoms with Crippen molar-refractivity contribution in [1.82, 2.24) is 14.9 Å². The quantitative estimate of drug-likeness (QED) is 0.612. The van der Waals surface area contributed by atoms with Crippen LogP contribution in [0.5, 0.6) is 0 Å². The van der Waals surface area contributed by atoms with E-state index in [-0.39, 0.29) is 22.8 Å². The van der Waals surface area contributed by atoms with Gasteiger partial charge in [0.15, 0.2) is 0 Å². The van der Waals surface area contributed by atoms with Gasteiger partial charge in [0.2, 0.25) is 15.9 Å². The summed E-state index contributed by atoms with van der Waals surface area (Å²) in [6.45, 7) is 5.79. The third-order valence-corrected chi connectivity index (χ3v) is 6.72. The molecular weight excluding hydrogens is 422 g/mol. The first-order valence-electron chi connectivity index (χ1n) is 9.80. The van der Waals surface area contributed by atoms with Gasteiger partial charge in [0.25, 0.3) is 0 Å². The summed E-state index contributed by atoms with van der Waals surface area (Å²) in [4.78, 5) is 15.0. The molecule has 0 saturated heterocycles. The average Bonchev–Trinajstić information content (AvgIpc) is 2.67. The Labute approximate surface area is 184 Å². The summed E-state index contributed by atoms with van der Waals surface area (Å²) < 4.78 is 28.1. The second kappa shape index (κ2) is 10.4. The fraction of sp³-hybridized carbons (Fsp3) is 0.409. The van der Waals surface area contributed by atoms with Gasteiger partial charge in [-0.3, -0.25) is 4.79 Å². The zero-order valence-electron chi connectivity index (χ0n) is 18.0. The predicted octanol–water partition coefficient (Wildman–Crippen LogP) is 3.37. The maximum Gasteiger partial charge on any atom is 0.241 e. The van der Waals surface area contributed by atoms with Crippen molar-refractivity contribution >= 4 is 27.5 Å². The number of amides is 1. The van der Waals surface area contributed by atoms with Gasteiger partial charge < -0.3 is 10.2 Å². The van der Waals surface area contributed by atoms with Crippen molar-refractivity contribution in [3.8, 4) is 0 Å². The fourth-order valence-corrected chi connectivity index (χ4v) is 4.67. The van der Waals surface area contributed by atoms with Crippen LogP contribution in [0.15, 0.2) is 53.4 Å². The molecule has 6 nitrogen and oxygen atoms in total. The van der Waals surface area contributed by atoms with E-state index < -0.39 is 16.1 Å². The molecule has 0 aliphatic rings. The number of rotatable bonds is 9. The molecule has 0 aromatic heterocycles. The van der Waals surface area contributed by atoms with Gasteiger partial charge in [-0.05, 0) is 50.7 Å². The van der Waals surface area contributed by atoms with Gasteiger partial charge in [-0.1, -0.05) is 61.3 Å². The third-order valence-electron chi connectivity index (χ3n) is 4.92. The molecule has 2 atom stereocenters. The Morgan fingerprint density at radius 1 is 1.07 bits per heavy atom. The number of nitrogens with one attached hydrogen (secondary N) is 2. The summed E-state index contributed by atoms with van der Waals surface area (Å²) in [5.74, 6) is -0.608. The van der Waals surface area contributed by atoms with Crippen LogP contribution >= 0.6 is 11.6 Å². The van der Waals surface area contributed by atoms with Crippen LogP contribution in [0.25, 0.3) is 0 Å². The number of aryl methyl sites for hydroxylation is 1. The van der Waals surface area contributed by atoms with Crippen LogP contribution in [-0.4, -0.2) is 45.9 Å². The molecule has 0 spiro atoms. The lowest BCUT2D eigenvalue weighted by molar-refractivity contribution is -0.123. The average molecular weight is 452 g/mol. The maximum atomic E-state index is 12.9. The number of hydrogen-bond acceptors (Lipinski definition) is 4. The van der Waals surface area contributed by atoms with Crippen LogP contribution in [0.4, 0.5) is 0 Å². The van der Waals surface area contributed by atoms with Crippen LogP contribution in [0.2, 0.25) is 5.02 Å². The zero-order chi connectivity index (χ0) is 22.5. The van der Waals surface area contributed by atoms with Gasteiger partial charge in [-0.25, -0.2) is 8.42 Å². The number of hydrogen-bond donors (Lipinski definition) is 2. The SMILES string of the molecule is Cc1ccc(S(=O)(=O)NC(C(=O)NCC(c2ccccc2Cl)N(C)C)C(C)C)cc1. The Bertz CT molecular complexity index is 960. The van der Waals surface area contributed by atoms with Crippen molar-refractivity contribution in [3.63, 3.8) is 0 Å². The minimum atomic E-state index is -3.82. The number of sulfonamides is 1. The molecule has 0 aliphatic carbocycles. The van der Waals surface area contributed by atoms with Gasteiger partial charge in [-0.2, -0.15) is 4.72 Å². The molecule has 2 unspecified atom stereocenters. The van der Waals surface area contributed by atoms with E-state index in [0.717, 1.165) is 11.1 Å². The smallest absolute Gasteiger partial charge is 0.241 e. The van der Waals surface area contributed by atoms with Gasteiger partial charge >= 0.3 is 0 Å². The number of nitrogens with zero attached hydrogens (tertiary/aromatic N) is 1. The highest BCUT2D eigenvalue weighted by Crippen LogP contribution is 2.25. The number of halogens is 1. The molecular formula is C22H30ClN3O3S. The molecule has 0 radical (unpaired) electrons. The molecule has 30 heavy (non-hydrogen) atoms. The van der Waals surface area contributed by atoms with E-state index in [9.17, 15) is 13.2 Å². The van der Waals surface area contributed by atoms with Crippen molar-refractivity contribution < 1.29 is 13.2 Å². The molecule has 0 saturated carbocycles. The molecule has 1 amide bonds. The van der Waals surface area contributed by atoms with E-state index in [4.69, 9.17) is 11.6 Å². The van der Waals surface area contributed by atoms with Crippen molar-refractivity contribution in [1.29, 1.82) is 0 Å². The topological polar surface area (TPSA) is 78.5 Å². The summed E-state index contributed by atoms with van der Waals surface area (Å²) >= 11 is 6.33. The highest BCUT2D eigenvalue weighted by Gasteiger charge is 2.29. The first-order chi connectivity index (χ1) is 14.0. The highest BCUT2D eigenvalue weighted by molar-refractivity contribution is 7.89. The number of benzene rings is 2. The largest absolute Gasteiger partial charge is 0.353 e. The maximum absolute atomic E-state index is 12.9. The minimum Gasteiger partial charge on any atom is -0.353 e. The van der Waals surface area contributed by atoms with E-state index >= 15 is 0 Å². The molecule has 164 valence electrons. The summed E-state index contributed by atoms with van der Waals surface area (Å²) in [5.41, 5.74) is 1.85. The summed E-state index contributed by atoms with van der Waals surface area (Å²) in [7, 11) is -0.0165. The Morgan fingerprint density at radius 2 is 1.67 bits per heavy atom. The Kier molecular flexibility index (Phi) is 8.43. The lowest BCUT2D eigenvalue weighted by atomic mass is 10.0. The Balaban J connectivity index is 2.15. The number of likely N-dealkylation sites (N-methyl/N-ethyl adjacent to an activating group) is 1. The van der Waals surface area contributed by atoms with E-state index in [1.54, 1.807) is 26.0 Å². The molecule has 0 fully saturated rings. The summed E-state index contributed by atoms with van der Waals surface area (Å²) in [5, 5.41) is 3.50. The second-order valence-corrected chi connectivity index (χ2v) is 10.0. The molecule has 2 rings (SSSR count). The summed E-state index contributed by atoms with van der Waals surface area (Å²) in [6.07, 6.45) is 0. The van der Waals surface area contributed by atoms with Crippen molar-refractivity contribution in [2.75, 3.05) is 20.6 Å². The first kappa shape index (κ1) is 24.3. The van der Waals surface area contributed by atoms with Gasteiger partial charge in [0, 0.05) is 11.6 Å². The molecule has 2 aromatic carbocycles. The van der Waals surface area contributed by atoms with Crippen LogP contribution < -0.4 is 10.0 Å². The van der Waals surface area contributed by atoms with Crippen molar-refractivity contribution in [2.45, 2.75) is 37.8 Å². The van der Waals surface area contributed by atoms with E-state index in [1.165, 1.54) is 12.1 Å². The lowest BCUT2D eigenvalue weighted by Gasteiger charge is -2.28. The van der Waals surface area contributed by atoms with E-state index in [0.29, 0.717) is 11.6 Å². The lowest BCUT2D eigenvalue weighted by Crippen LogP contribution is -2.50. The fourth-order valence-electron chi connectivity index (χ4n) is 3.07. The molecule has 2 N–H and O–H groups in total. The minimum absolute atomic E-state index is 0.133. The summed E-state index contributed by atoms with van der Waals surface area (Å²) in [6, 6.07) is 12.9. The Morgan fingerprint density at radius 3 is 2.20 bits per heavy atom. The normalized spacial score (nSPS) is 14.0. The second-order valence-electron chi connectivity index (χ2n) is 7.90. The van der Waals surface area contributed by atoms with Crippen LogP contribution in [-0.2, 0) is 14.8 Å². The monoisotopic (exact) mass is 451 g/mol. The van der Waals surface area contributed by atoms with E-state index in [2.05, 4.69) is 10.0 Å². The zero-order valence-corrected chi connectivity index (χ0v) is 19.6. The number of carbonyl (C=O) groups is 1. The molecule has 0 heterocycles.